The third-order valence-electron chi connectivity index (χ3n) is 2.26. The average molecular weight is 298 g/mol. The summed E-state index contributed by atoms with van der Waals surface area (Å²) in [6, 6.07) is 4.48. The van der Waals surface area contributed by atoms with Crippen LogP contribution in [-0.2, 0) is 19.1 Å². The number of benzene rings is 1. The summed E-state index contributed by atoms with van der Waals surface area (Å²) in [6.45, 7) is 3.19. The fourth-order valence-electron chi connectivity index (χ4n) is 1.41. The number of carbonyl (C=O) groups excluding carboxylic acids is 2. The van der Waals surface area contributed by atoms with Gasteiger partial charge in [0.1, 0.15) is 0 Å². The van der Waals surface area contributed by atoms with E-state index < -0.39 is 11.9 Å². The van der Waals surface area contributed by atoms with Crippen molar-refractivity contribution in [2.24, 2.45) is 0 Å². The number of esters is 2. The fourth-order valence-corrected chi connectivity index (χ4v) is 1.41. The molecule has 1 N–H and O–H groups in total. The van der Waals surface area contributed by atoms with Gasteiger partial charge in [0.05, 0.1) is 13.2 Å². The Kier molecular flexibility index (Phi) is 6.86. The first-order valence-corrected chi connectivity index (χ1v) is 6.47. The largest absolute Gasteiger partial charge is 0.502 e. The summed E-state index contributed by atoms with van der Waals surface area (Å²) in [7, 11) is 0. The zero-order chi connectivity index (χ0) is 15.7. The smallest absolute Gasteiger partial charge is 0.344 e. The summed E-state index contributed by atoms with van der Waals surface area (Å²) in [6.07, 6.45) is 0. The quantitative estimate of drug-likeness (QED) is 0.723. The van der Waals surface area contributed by atoms with Crippen LogP contribution in [0.5, 0.6) is 17.2 Å². The van der Waals surface area contributed by atoms with Gasteiger partial charge in [-0.15, -0.1) is 0 Å². The molecule has 1 aromatic carbocycles. The molecule has 0 spiro atoms. The number of para-hydroxylation sites is 1. The first-order valence-electron chi connectivity index (χ1n) is 6.47. The second-order valence-electron chi connectivity index (χ2n) is 3.79. The number of ether oxygens (including phenoxy) is 4. The topological polar surface area (TPSA) is 91.3 Å². The summed E-state index contributed by atoms with van der Waals surface area (Å²) in [5.41, 5.74) is 0. The zero-order valence-electron chi connectivity index (χ0n) is 12.0. The van der Waals surface area contributed by atoms with Crippen LogP contribution in [-0.4, -0.2) is 43.5 Å². The van der Waals surface area contributed by atoms with Gasteiger partial charge in [-0.2, -0.15) is 0 Å². The molecule has 0 amide bonds. The van der Waals surface area contributed by atoms with E-state index in [4.69, 9.17) is 18.9 Å². The lowest BCUT2D eigenvalue weighted by molar-refractivity contribution is -0.146. The molecular formula is C14H18O7. The van der Waals surface area contributed by atoms with E-state index in [1.807, 2.05) is 0 Å². The van der Waals surface area contributed by atoms with E-state index in [2.05, 4.69) is 0 Å². The van der Waals surface area contributed by atoms with Crippen LogP contribution in [0.1, 0.15) is 13.8 Å². The van der Waals surface area contributed by atoms with Crippen molar-refractivity contribution < 1.29 is 33.6 Å². The second-order valence-corrected chi connectivity index (χ2v) is 3.79. The maximum absolute atomic E-state index is 11.2. The Bertz CT molecular complexity index is 444. The Hall–Kier alpha value is -2.44. The van der Waals surface area contributed by atoms with Gasteiger partial charge in [0.15, 0.2) is 24.7 Å². The molecule has 116 valence electrons. The molecular weight excluding hydrogens is 280 g/mol. The Morgan fingerprint density at radius 3 is 1.76 bits per heavy atom. The highest BCUT2D eigenvalue weighted by Crippen LogP contribution is 2.35. The first-order chi connectivity index (χ1) is 10.1. The van der Waals surface area contributed by atoms with Gasteiger partial charge in [-0.1, -0.05) is 6.07 Å². The van der Waals surface area contributed by atoms with Crippen molar-refractivity contribution in [2.45, 2.75) is 13.8 Å². The number of phenolic OH excluding ortho intramolecular Hbond substituents is 1. The highest BCUT2D eigenvalue weighted by atomic mass is 16.6. The lowest BCUT2D eigenvalue weighted by atomic mass is 10.3. The van der Waals surface area contributed by atoms with Crippen LogP contribution >= 0.6 is 0 Å². The molecule has 7 nitrogen and oxygen atoms in total. The molecule has 0 aromatic heterocycles. The summed E-state index contributed by atoms with van der Waals surface area (Å²) in [5.74, 6) is -1.27. The molecule has 0 fully saturated rings. The fraction of sp³-hybridized carbons (Fsp3) is 0.429. The van der Waals surface area contributed by atoms with E-state index in [1.54, 1.807) is 19.9 Å². The molecule has 1 aromatic rings. The number of aromatic hydroxyl groups is 1. The number of hydrogen-bond acceptors (Lipinski definition) is 7. The molecule has 0 aliphatic carbocycles. The highest BCUT2D eigenvalue weighted by Gasteiger charge is 2.13. The monoisotopic (exact) mass is 298 g/mol. The van der Waals surface area contributed by atoms with Crippen molar-refractivity contribution in [1.29, 1.82) is 0 Å². The van der Waals surface area contributed by atoms with Crippen LogP contribution in [0.3, 0.4) is 0 Å². The minimum absolute atomic E-state index is 0.0596. The highest BCUT2D eigenvalue weighted by molar-refractivity contribution is 5.72. The van der Waals surface area contributed by atoms with Gasteiger partial charge < -0.3 is 24.1 Å². The van der Waals surface area contributed by atoms with Gasteiger partial charge in [-0.25, -0.2) is 9.59 Å². The molecule has 0 radical (unpaired) electrons. The summed E-state index contributed by atoms with van der Waals surface area (Å²) in [4.78, 5) is 22.4. The van der Waals surface area contributed by atoms with Crippen LogP contribution in [0.25, 0.3) is 0 Å². The van der Waals surface area contributed by atoms with Crippen molar-refractivity contribution in [3.05, 3.63) is 18.2 Å². The minimum Gasteiger partial charge on any atom is -0.502 e. The van der Waals surface area contributed by atoms with E-state index >= 15 is 0 Å². The standard InChI is InChI=1S/C14H18O7/c1-3-18-12(15)8-20-10-6-5-7-11(14(10)17)21-9-13(16)19-4-2/h5-7,17H,3-4,8-9H2,1-2H3. The predicted octanol–water partition coefficient (Wildman–Crippen LogP) is 1.28. The lowest BCUT2D eigenvalue weighted by Crippen LogP contribution is -2.15. The molecule has 0 saturated heterocycles. The van der Waals surface area contributed by atoms with E-state index in [9.17, 15) is 14.7 Å². The molecule has 0 saturated carbocycles. The van der Waals surface area contributed by atoms with Crippen LogP contribution in [0.2, 0.25) is 0 Å². The summed E-state index contributed by atoms with van der Waals surface area (Å²) >= 11 is 0. The Labute approximate surface area is 122 Å². The predicted molar refractivity (Wildman–Crippen MR) is 72.4 cm³/mol. The van der Waals surface area contributed by atoms with Gasteiger partial charge in [-0.05, 0) is 26.0 Å². The maximum Gasteiger partial charge on any atom is 0.344 e. The molecule has 0 bridgehead atoms. The maximum atomic E-state index is 11.2. The minimum atomic E-state index is -0.547. The summed E-state index contributed by atoms with van der Waals surface area (Å²) in [5, 5.41) is 9.92. The van der Waals surface area contributed by atoms with Crippen molar-refractivity contribution >= 4 is 11.9 Å². The third-order valence-corrected chi connectivity index (χ3v) is 2.26. The molecule has 0 aliphatic rings. The number of carbonyl (C=O) groups is 2. The molecule has 0 unspecified atom stereocenters. The first kappa shape index (κ1) is 16.6. The van der Waals surface area contributed by atoms with E-state index in [0.717, 1.165) is 0 Å². The molecule has 21 heavy (non-hydrogen) atoms. The summed E-state index contributed by atoms with van der Waals surface area (Å²) < 4.78 is 19.7. The molecule has 0 aliphatic heterocycles. The zero-order valence-corrected chi connectivity index (χ0v) is 12.0. The Morgan fingerprint density at radius 2 is 1.38 bits per heavy atom. The SMILES string of the molecule is CCOC(=O)COc1cccc(OCC(=O)OCC)c1O. The van der Waals surface area contributed by atoms with Gasteiger partial charge >= 0.3 is 11.9 Å². The van der Waals surface area contributed by atoms with Gasteiger partial charge in [0.25, 0.3) is 0 Å². The third kappa shape index (κ3) is 5.60. The van der Waals surface area contributed by atoms with Gasteiger partial charge in [0.2, 0.25) is 5.75 Å². The normalized spacial score (nSPS) is 9.81. The van der Waals surface area contributed by atoms with Crippen LogP contribution in [0, 0.1) is 0 Å². The van der Waals surface area contributed by atoms with Crippen molar-refractivity contribution in [3.8, 4) is 17.2 Å². The van der Waals surface area contributed by atoms with Crippen LogP contribution < -0.4 is 9.47 Å². The van der Waals surface area contributed by atoms with Crippen molar-refractivity contribution in [3.63, 3.8) is 0 Å². The van der Waals surface area contributed by atoms with Crippen LogP contribution in [0.4, 0.5) is 0 Å². The van der Waals surface area contributed by atoms with E-state index in [1.165, 1.54) is 12.1 Å². The number of rotatable bonds is 8. The number of hydrogen-bond donors (Lipinski definition) is 1. The molecule has 0 heterocycles. The Morgan fingerprint density at radius 1 is 0.952 bits per heavy atom. The molecule has 7 heteroatoms. The average Bonchev–Trinajstić information content (AvgIpc) is 2.45. The van der Waals surface area contributed by atoms with Gasteiger partial charge in [-0.3, -0.25) is 0 Å². The Balaban J connectivity index is 2.61. The molecule has 0 atom stereocenters. The van der Waals surface area contributed by atoms with E-state index in [0.29, 0.717) is 0 Å². The van der Waals surface area contributed by atoms with Crippen molar-refractivity contribution in [1.82, 2.24) is 0 Å². The lowest BCUT2D eigenvalue weighted by Gasteiger charge is -2.11. The number of phenols is 1. The van der Waals surface area contributed by atoms with Gasteiger partial charge in [0, 0.05) is 0 Å². The molecule has 1 rings (SSSR count). The van der Waals surface area contributed by atoms with Crippen LogP contribution in [0.15, 0.2) is 18.2 Å². The van der Waals surface area contributed by atoms with Crippen molar-refractivity contribution in [2.75, 3.05) is 26.4 Å². The van der Waals surface area contributed by atoms with E-state index in [-0.39, 0.29) is 43.7 Å². The second kappa shape index (κ2) is 8.68.